The van der Waals surface area contributed by atoms with Gasteiger partial charge in [0.2, 0.25) is 12.7 Å². The number of fused-ring (bicyclic) bond motifs is 1. The molecule has 1 aliphatic rings. The molecule has 0 radical (unpaired) electrons. The number of thioether (sulfide) groups is 1. The lowest BCUT2D eigenvalue weighted by molar-refractivity contribution is -0.384. The molecule has 1 unspecified atom stereocenters. The number of nitro benzene ring substituents is 1. The molecule has 0 aromatic heterocycles. The summed E-state index contributed by atoms with van der Waals surface area (Å²) in [6.07, 6.45) is 0. The van der Waals surface area contributed by atoms with E-state index in [0.29, 0.717) is 22.9 Å². The van der Waals surface area contributed by atoms with Crippen LogP contribution in [-0.2, 0) is 4.79 Å². The van der Waals surface area contributed by atoms with Crippen molar-refractivity contribution in [2.24, 2.45) is 0 Å². The van der Waals surface area contributed by atoms with Crippen LogP contribution in [0.3, 0.4) is 0 Å². The highest BCUT2D eigenvalue weighted by Crippen LogP contribution is 2.38. The van der Waals surface area contributed by atoms with Crippen molar-refractivity contribution in [2.45, 2.75) is 10.1 Å². The summed E-state index contributed by atoms with van der Waals surface area (Å²) in [5, 5.41) is 16.1. The molecule has 2 N–H and O–H groups in total. The molecule has 1 atom stereocenters. The molecular weight excluding hydrogens is 506 g/mol. The number of rotatable bonds is 8. The zero-order valence-electron chi connectivity index (χ0n) is 19.8. The summed E-state index contributed by atoms with van der Waals surface area (Å²) in [6.45, 7) is 0.150. The first-order chi connectivity index (χ1) is 18.5. The normalized spacial score (nSPS) is 12.4. The summed E-state index contributed by atoms with van der Waals surface area (Å²) in [4.78, 5) is 37.2. The Hall–Kier alpha value is -4.83. The molecule has 5 rings (SSSR count). The molecule has 9 nitrogen and oxygen atoms in total. The molecule has 190 valence electrons. The maximum absolute atomic E-state index is 13.4. The second-order valence-electron chi connectivity index (χ2n) is 8.25. The molecule has 4 aromatic carbocycles. The summed E-state index contributed by atoms with van der Waals surface area (Å²) < 4.78 is 10.7. The molecular formula is C28H21N3O6S. The van der Waals surface area contributed by atoms with E-state index in [1.54, 1.807) is 42.5 Å². The summed E-state index contributed by atoms with van der Waals surface area (Å²) in [6, 6.07) is 27.2. The number of carbonyl (C=O) groups excluding carboxylic acids is 2. The smallest absolute Gasteiger partial charge is 0.270 e. The van der Waals surface area contributed by atoms with Crippen LogP contribution >= 0.6 is 11.8 Å². The number of anilines is 2. The van der Waals surface area contributed by atoms with Gasteiger partial charge in [0, 0.05) is 40.0 Å². The van der Waals surface area contributed by atoms with Crippen LogP contribution in [0.4, 0.5) is 17.1 Å². The fourth-order valence-corrected chi connectivity index (χ4v) is 4.82. The van der Waals surface area contributed by atoms with E-state index in [0.717, 1.165) is 10.5 Å². The van der Waals surface area contributed by atoms with Crippen LogP contribution in [0.2, 0.25) is 0 Å². The van der Waals surface area contributed by atoms with Gasteiger partial charge in [-0.3, -0.25) is 19.7 Å². The van der Waals surface area contributed by atoms with Crippen molar-refractivity contribution in [2.75, 3.05) is 17.4 Å². The van der Waals surface area contributed by atoms with Crippen LogP contribution in [0.25, 0.3) is 0 Å². The van der Waals surface area contributed by atoms with Crippen LogP contribution in [0.1, 0.15) is 21.2 Å². The average Bonchev–Trinajstić information content (AvgIpc) is 3.41. The number of non-ortho nitro benzene ring substituents is 1. The SMILES string of the molecule is O=C(Nc1ccc(SC(C(=O)Nc2ccc3c(c2)OCO3)c2ccccc2)cc1)c1cccc([N+](=O)[O-])c1. The Kier molecular flexibility index (Phi) is 7.23. The first-order valence-electron chi connectivity index (χ1n) is 11.5. The van der Waals surface area contributed by atoms with Crippen molar-refractivity contribution in [1.29, 1.82) is 0 Å². The van der Waals surface area contributed by atoms with Gasteiger partial charge in [-0.2, -0.15) is 0 Å². The predicted molar refractivity (Wildman–Crippen MR) is 144 cm³/mol. The molecule has 0 fully saturated rings. The molecule has 38 heavy (non-hydrogen) atoms. The Morgan fingerprint density at radius 2 is 1.55 bits per heavy atom. The van der Waals surface area contributed by atoms with Crippen molar-refractivity contribution < 1.29 is 24.0 Å². The van der Waals surface area contributed by atoms with Crippen LogP contribution < -0.4 is 20.1 Å². The van der Waals surface area contributed by atoms with Crippen LogP contribution in [0, 0.1) is 10.1 Å². The third-order valence-corrected chi connectivity index (χ3v) is 6.93. The Labute approximate surface area is 221 Å². The second kappa shape index (κ2) is 11.1. The number of nitro groups is 1. The molecule has 0 saturated carbocycles. The highest BCUT2D eigenvalue weighted by molar-refractivity contribution is 8.00. The number of nitrogens with one attached hydrogen (secondary N) is 2. The lowest BCUT2D eigenvalue weighted by Crippen LogP contribution is -2.19. The van der Waals surface area contributed by atoms with E-state index >= 15 is 0 Å². The Morgan fingerprint density at radius 3 is 2.32 bits per heavy atom. The number of benzene rings is 4. The van der Waals surface area contributed by atoms with Gasteiger partial charge in [-0.25, -0.2) is 0 Å². The molecule has 4 aromatic rings. The quantitative estimate of drug-likeness (QED) is 0.163. The van der Waals surface area contributed by atoms with E-state index in [1.165, 1.54) is 36.0 Å². The number of carbonyl (C=O) groups is 2. The fraction of sp³-hybridized carbons (Fsp3) is 0.0714. The number of hydrogen-bond donors (Lipinski definition) is 2. The van der Waals surface area contributed by atoms with Crippen molar-refractivity contribution in [3.63, 3.8) is 0 Å². The van der Waals surface area contributed by atoms with Gasteiger partial charge >= 0.3 is 0 Å². The fourth-order valence-electron chi connectivity index (χ4n) is 3.80. The standard InChI is InChI=1S/C28H21N3O6S/c32-27(19-7-4-8-22(15-19)31(34)35)29-20-9-12-23(13-10-20)38-26(18-5-2-1-3-6-18)28(33)30-21-11-14-24-25(16-21)37-17-36-24/h1-16,26H,17H2,(H,29,32)(H,30,33). The molecule has 0 bridgehead atoms. The van der Waals surface area contributed by atoms with E-state index in [1.807, 2.05) is 30.3 Å². The van der Waals surface area contributed by atoms with Crippen LogP contribution in [-0.4, -0.2) is 23.5 Å². The van der Waals surface area contributed by atoms with Crippen LogP contribution in [0.15, 0.2) is 102 Å². The maximum Gasteiger partial charge on any atom is 0.270 e. The van der Waals surface area contributed by atoms with Gasteiger partial charge in [-0.05, 0) is 48.0 Å². The summed E-state index contributed by atoms with van der Waals surface area (Å²) in [7, 11) is 0. The number of amides is 2. The molecule has 10 heteroatoms. The first-order valence-corrected chi connectivity index (χ1v) is 12.4. The average molecular weight is 528 g/mol. The molecule has 2 amide bonds. The van der Waals surface area contributed by atoms with Gasteiger partial charge in [0.05, 0.1) is 4.92 Å². The van der Waals surface area contributed by atoms with E-state index < -0.39 is 16.1 Å². The minimum atomic E-state index is -0.549. The van der Waals surface area contributed by atoms with Crippen molar-refractivity contribution in [3.8, 4) is 11.5 Å². The molecule has 0 aliphatic carbocycles. The Morgan fingerprint density at radius 1 is 0.816 bits per heavy atom. The summed E-state index contributed by atoms with van der Waals surface area (Å²) >= 11 is 1.37. The van der Waals surface area contributed by atoms with Gasteiger partial charge in [0.25, 0.3) is 11.6 Å². The van der Waals surface area contributed by atoms with E-state index in [2.05, 4.69) is 10.6 Å². The highest BCUT2D eigenvalue weighted by Gasteiger charge is 2.23. The topological polar surface area (TPSA) is 120 Å². The minimum Gasteiger partial charge on any atom is -0.454 e. The van der Waals surface area contributed by atoms with Crippen molar-refractivity contribution in [1.82, 2.24) is 0 Å². The minimum absolute atomic E-state index is 0.150. The van der Waals surface area contributed by atoms with Gasteiger partial charge < -0.3 is 20.1 Å². The molecule has 0 saturated heterocycles. The van der Waals surface area contributed by atoms with Gasteiger partial charge in [0.15, 0.2) is 11.5 Å². The van der Waals surface area contributed by atoms with Gasteiger partial charge in [-0.15, -0.1) is 11.8 Å². The zero-order chi connectivity index (χ0) is 26.5. The monoisotopic (exact) mass is 527 g/mol. The number of ether oxygens (including phenoxy) is 2. The molecule has 0 spiro atoms. The third kappa shape index (κ3) is 5.76. The summed E-state index contributed by atoms with van der Waals surface area (Å²) in [5.74, 6) is 0.548. The predicted octanol–water partition coefficient (Wildman–Crippen LogP) is 6.05. The van der Waals surface area contributed by atoms with Crippen molar-refractivity contribution in [3.05, 3.63) is 118 Å². The molecule has 1 heterocycles. The number of hydrogen-bond acceptors (Lipinski definition) is 7. The van der Waals surface area contributed by atoms with E-state index in [-0.39, 0.29) is 24.0 Å². The maximum atomic E-state index is 13.4. The number of nitrogens with zero attached hydrogens (tertiary/aromatic N) is 1. The lowest BCUT2D eigenvalue weighted by atomic mass is 10.1. The third-order valence-electron chi connectivity index (χ3n) is 5.67. The zero-order valence-corrected chi connectivity index (χ0v) is 20.6. The van der Waals surface area contributed by atoms with E-state index in [4.69, 9.17) is 9.47 Å². The van der Waals surface area contributed by atoms with E-state index in [9.17, 15) is 19.7 Å². The Bertz CT molecular complexity index is 1490. The summed E-state index contributed by atoms with van der Waals surface area (Å²) in [5.41, 5.74) is 1.98. The Balaban J connectivity index is 1.29. The highest BCUT2D eigenvalue weighted by atomic mass is 32.2. The first kappa shape index (κ1) is 24.8. The van der Waals surface area contributed by atoms with Gasteiger partial charge in [-0.1, -0.05) is 36.4 Å². The van der Waals surface area contributed by atoms with Gasteiger partial charge in [0.1, 0.15) is 5.25 Å². The van der Waals surface area contributed by atoms with Crippen LogP contribution in [0.5, 0.6) is 11.5 Å². The lowest BCUT2D eigenvalue weighted by Gasteiger charge is -2.17. The molecule has 1 aliphatic heterocycles. The largest absolute Gasteiger partial charge is 0.454 e. The second-order valence-corrected chi connectivity index (χ2v) is 9.43. The van der Waals surface area contributed by atoms with Crippen molar-refractivity contribution >= 4 is 40.6 Å².